The van der Waals surface area contributed by atoms with Crippen LogP contribution in [0.1, 0.15) is 28.7 Å². The van der Waals surface area contributed by atoms with E-state index in [2.05, 4.69) is 5.32 Å². The van der Waals surface area contributed by atoms with Gasteiger partial charge in [-0.3, -0.25) is 4.79 Å². The van der Waals surface area contributed by atoms with Crippen molar-refractivity contribution in [2.24, 2.45) is 0 Å². The van der Waals surface area contributed by atoms with Gasteiger partial charge in [-0.05, 0) is 40.8 Å². The minimum absolute atomic E-state index is 0.00524. The Morgan fingerprint density at radius 3 is 2.29 bits per heavy atom. The molecule has 35 heavy (non-hydrogen) atoms. The van der Waals surface area contributed by atoms with Crippen molar-refractivity contribution < 1.29 is 32.2 Å². The van der Waals surface area contributed by atoms with Crippen molar-refractivity contribution in [3.63, 3.8) is 0 Å². The first-order valence-corrected chi connectivity index (χ1v) is 11.1. The lowest BCUT2D eigenvalue weighted by Crippen LogP contribution is -2.23. The molecule has 0 atom stereocenters. The smallest absolute Gasteiger partial charge is 0.422 e. The van der Waals surface area contributed by atoms with Gasteiger partial charge < -0.3 is 19.5 Å². The van der Waals surface area contributed by atoms with Gasteiger partial charge >= 0.3 is 6.18 Å². The Bertz CT molecular complexity index is 1090. The van der Waals surface area contributed by atoms with Gasteiger partial charge in [-0.25, -0.2) is 0 Å². The van der Waals surface area contributed by atoms with Gasteiger partial charge in [0.05, 0.1) is 20.3 Å². The summed E-state index contributed by atoms with van der Waals surface area (Å²) in [5.74, 6) is 0.0659. The predicted octanol–water partition coefficient (Wildman–Crippen LogP) is 5.60. The van der Waals surface area contributed by atoms with Crippen LogP contribution >= 0.6 is 0 Å². The number of carbonyl (C=O) groups is 1. The molecule has 1 amide bonds. The molecule has 0 aliphatic rings. The lowest BCUT2D eigenvalue weighted by molar-refractivity contribution is -0.153. The second-order valence-corrected chi connectivity index (χ2v) is 7.96. The molecule has 0 aliphatic heterocycles. The minimum atomic E-state index is -4.43. The summed E-state index contributed by atoms with van der Waals surface area (Å²) in [6.07, 6.45) is -3.79. The molecule has 1 N–H and O–H groups in total. The number of alkyl halides is 3. The average molecular weight is 488 g/mol. The molecule has 3 rings (SSSR count). The van der Waals surface area contributed by atoms with E-state index in [1.165, 1.54) is 13.2 Å². The molecule has 0 fully saturated rings. The Morgan fingerprint density at radius 2 is 1.54 bits per heavy atom. The van der Waals surface area contributed by atoms with Crippen LogP contribution in [0.4, 0.5) is 13.2 Å². The van der Waals surface area contributed by atoms with Crippen LogP contribution in [0.2, 0.25) is 0 Å². The molecule has 0 bridgehead atoms. The molecule has 5 nitrogen and oxygen atoms in total. The summed E-state index contributed by atoms with van der Waals surface area (Å²) < 4.78 is 52.8. The zero-order valence-electron chi connectivity index (χ0n) is 19.4. The summed E-state index contributed by atoms with van der Waals surface area (Å²) in [5, 5.41) is 2.89. The number of benzene rings is 3. The first-order valence-electron chi connectivity index (χ1n) is 11.1. The van der Waals surface area contributed by atoms with E-state index in [0.29, 0.717) is 26.2 Å². The highest BCUT2D eigenvalue weighted by Gasteiger charge is 2.29. The fourth-order valence-electron chi connectivity index (χ4n) is 3.38. The van der Waals surface area contributed by atoms with Gasteiger partial charge in [0.2, 0.25) is 5.91 Å². The van der Waals surface area contributed by atoms with Crippen molar-refractivity contribution >= 4 is 5.91 Å². The van der Waals surface area contributed by atoms with Crippen molar-refractivity contribution in [1.82, 2.24) is 5.32 Å². The van der Waals surface area contributed by atoms with Gasteiger partial charge in [0.25, 0.3) is 0 Å². The molecule has 8 heteroatoms. The molecule has 0 saturated carbocycles. The predicted molar refractivity (Wildman–Crippen MR) is 126 cm³/mol. The maximum absolute atomic E-state index is 12.4. The topological polar surface area (TPSA) is 56.8 Å². The summed E-state index contributed by atoms with van der Waals surface area (Å²) in [4.78, 5) is 12.3. The molecule has 3 aromatic carbocycles. The maximum atomic E-state index is 12.4. The minimum Gasteiger partial charge on any atom is -0.493 e. The molecular weight excluding hydrogens is 459 g/mol. The van der Waals surface area contributed by atoms with Gasteiger partial charge in [-0.1, -0.05) is 60.7 Å². The SMILES string of the molecule is COc1cc(CCC(=O)NCc2cccc(COCc3ccccc3)c2)ccc1OCC(F)(F)F. The fourth-order valence-corrected chi connectivity index (χ4v) is 3.38. The number of hydrogen-bond acceptors (Lipinski definition) is 4. The number of aryl methyl sites for hydroxylation is 1. The quantitative estimate of drug-likeness (QED) is 0.361. The lowest BCUT2D eigenvalue weighted by atomic mass is 10.1. The molecule has 186 valence electrons. The van der Waals surface area contributed by atoms with E-state index in [1.54, 1.807) is 12.1 Å². The number of halogens is 3. The van der Waals surface area contributed by atoms with Crippen molar-refractivity contribution in [2.75, 3.05) is 13.7 Å². The number of rotatable bonds is 12. The number of amides is 1. The average Bonchev–Trinajstić information content (AvgIpc) is 2.85. The highest BCUT2D eigenvalue weighted by atomic mass is 19.4. The maximum Gasteiger partial charge on any atom is 0.422 e. The summed E-state index contributed by atoms with van der Waals surface area (Å²) >= 11 is 0. The zero-order valence-corrected chi connectivity index (χ0v) is 19.4. The van der Waals surface area contributed by atoms with E-state index >= 15 is 0 Å². The number of ether oxygens (including phenoxy) is 3. The van der Waals surface area contributed by atoms with Gasteiger partial charge in [0.1, 0.15) is 0 Å². The van der Waals surface area contributed by atoms with Gasteiger partial charge in [-0.2, -0.15) is 13.2 Å². The zero-order chi connectivity index (χ0) is 25.1. The molecule has 0 heterocycles. The molecular formula is C27H28F3NO4. The van der Waals surface area contributed by atoms with Gasteiger partial charge in [-0.15, -0.1) is 0 Å². The van der Waals surface area contributed by atoms with Crippen LogP contribution in [0.3, 0.4) is 0 Å². The molecule has 0 saturated heterocycles. The monoisotopic (exact) mass is 487 g/mol. The lowest BCUT2D eigenvalue weighted by Gasteiger charge is -2.13. The number of hydrogen-bond donors (Lipinski definition) is 1. The first-order chi connectivity index (χ1) is 16.8. The van der Waals surface area contributed by atoms with Crippen LogP contribution in [0.15, 0.2) is 72.8 Å². The summed E-state index contributed by atoms with van der Waals surface area (Å²) in [5.41, 5.74) is 3.85. The van der Waals surface area contributed by atoms with Crippen LogP contribution in [0, 0.1) is 0 Å². The van der Waals surface area contributed by atoms with Crippen LogP contribution < -0.4 is 14.8 Å². The molecule has 0 aromatic heterocycles. The standard InChI is InChI=1S/C27H28F3NO4/c1-33-25-15-20(10-12-24(25)35-19-27(28,29)30)11-13-26(32)31-16-22-8-5-9-23(14-22)18-34-17-21-6-3-2-4-7-21/h2-10,12,14-15H,11,13,16-19H2,1H3,(H,31,32). The van der Waals surface area contributed by atoms with E-state index in [4.69, 9.17) is 14.2 Å². The molecule has 0 radical (unpaired) electrons. The molecule has 3 aromatic rings. The fraction of sp³-hybridized carbons (Fsp3) is 0.296. The van der Waals surface area contributed by atoms with Crippen LogP contribution in [0.25, 0.3) is 0 Å². The third kappa shape index (κ3) is 9.33. The summed E-state index contributed by atoms with van der Waals surface area (Å²) in [7, 11) is 1.35. The Balaban J connectivity index is 1.43. The number of methoxy groups -OCH3 is 1. The number of nitrogens with one attached hydrogen (secondary N) is 1. The van der Waals surface area contributed by atoms with E-state index in [1.807, 2.05) is 54.6 Å². The summed E-state index contributed by atoms with van der Waals surface area (Å²) in [6.45, 7) is -0.00637. The van der Waals surface area contributed by atoms with Crippen LogP contribution in [-0.4, -0.2) is 25.8 Å². The second-order valence-electron chi connectivity index (χ2n) is 7.96. The Labute approximate surface area is 202 Å². The summed E-state index contributed by atoms with van der Waals surface area (Å²) in [6, 6.07) is 22.4. The van der Waals surface area contributed by atoms with E-state index < -0.39 is 12.8 Å². The molecule has 0 unspecified atom stereocenters. The highest BCUT2D eigenvalue weighted by molar-refractivity contribution is 5.76. The van der Waals surface area contributed by atoms with Crippen molar-refractivity contribution in [2.45, 2.75) is 38.8 Å². The Hall–Kier alpha value is -3.52. The third-order valence-electron chi connectivity index (χ3n) is 5.12. The van der Waals surface area contributed by atoms with Crippen molar-refractivity contribution in [1.29, 1.82) is 0 Å². The molecule has 0 aliphatic carbocycles. The number of carbonyl (C=O) groups excluding carboxylic acids is 1. The van der Waals surface area contributed by atoms with Crippen LogP contribution in [-0.2, 0) is 35.7 Å². The Kier molecular flexibility index (Phi) is 9.55. The Morgan fingerprint density at radius 1 is 0.829 bits per heavy atom. The second kappa shape index (κ2) is 12.8. The largest absolute Gasteiger partial charge is 0.493 e. The van der Waals surface area contributed by atoms with E-state index in [9.17, 15) is 18.0 Å². The van der Waals surface area contributed by atoms with E-state index in [-0.39, 0.29) is 23.8 Å². The van der Waals surface area contributed by atoms with Gasteiger partial charge in [0.15, 0.2) is 18.1 Å². The normalized spacial score (nSPS) is 11.2. The van der Waals surface area contributed by atoms with E-state index in [0.717, 1.165) is 22.3 Å². The van der Waals surface area contributed by atoms with Crippen molar-refractivity contribution in [3.8, 4) is 11.5 Å². The van der Waals surface area contributed by atoms with Gasteiger partial charge in [0, 0.05) is 13.0 Å². The third-order valence-corrected chi connectivity index (χ3v) is 5.12. The highest BCUT2D eigenvalue weighted by Crippen LogP contribution is 2.30. The van der Waals surface area contributed by atoms with Crippen LogP contribution in [0.5, 0.6) is 11.5 Å². The first kappa shape index (κ1) is 26.1. The molecule has 0 spiro atoms. The van der Waals surface area contributed by atoms with Crippen molar-refractivity contribution in [3.05, 3.63) is 95.1 Å².